The van der Waals surface area contributed by atoms with Crippen LogP contribution in [0.25, 0.3) is 11.0 Å². The molecule has 3 heteroatoms. The Labute approximate surface area is 90.7 Å². The molecule has 0 saturated carbocycles. The number of furan rings is 1. The first-order valence-corrected chi connectivity index (χ1v) is 5.25. The smallest absolute Gasteiger partial charge is 0.137 e. The Hall–Kier alpha value is -0.800. The van der Waals surface area contributed by atoms with Crippen LogP contribution in [-0.4, -0.2) is 5.11 Å². The van der Waals surface area contributed by atoms with E-state index in [1.165, 1.54) is 0 Å². The summed E-state index contributed by atoms with van der Waals surface area (Å²) in [5.74, 6) is 0.612. The van der Waals surface area contributed by atoms with Gasteiger partial charge in [-0.05, 0) is 37.6 Å². The Morgan fingerprint density at radius 1 is 1.36 bits per heavy atom. The minimum Gasteiger partial charge on any atom is -0.458 e. The zero-order chi connectivity index (χ0) is 10.3. The molecule has 2 aromatic rings. The van der Waals surface area contributed by atoms with Crippen molar-refractivity contribution in [3.8, 4) is 0 Å². The van der Waals surface area contributed by atoms with E-state index in [1.54, 1.807) is 6.92 Å². The molecule has 2 nitrogen and oxygen atoms in total. The van der Waals surface area contributed by atoms with Crippen molar-refractivity contribution in [1.82, 2.24) is 0 Å². The predicted molar refractivity (Wildman–Crippen MR) is 59.3 cm³/mol. The zero-order valence-corrected chi connectivity index (χ0v) is 9.63. The van der Waals surface area contributed by atoms with Gasteiger partial charge in [0.2, 0.25) is 0 Å². The third-order valence-corrected chi connectivity index (χ3v) is 2.66. The van der Waals surface area contributed by atoms with Crippen molar-refractivity contribution in [2.45, 2.75) is 20.0 Å². The summed E-state index contributed by atoms with van der Waals surface area (Å²) >= 11 is 3.43. The molecule has 0 aliphatic heterocycles. The highest BCUT2D eigenvalue weighted by molar-refractivity contribution is 9.10. The molecule has 1 unspecified atom stereocenters. The second kappa shape index (κ2) is 3.41. The summed E-state index contributed by atoms with van der Waals surface area (Å²) in [6.07, 6.45) is -0.555. The Morgan fingerprint density at radius 2 is 2.07 bits per heavy atom. The van der Waals surface area contributed by atoms with Crippen LogP contribution in [0.15, 0.2) is 27.1 Å². The first-order chi connectivity index (χ1) is 6.58. The molecule has 0 saturated heterocycles. The monoisotopic (exact) mass is 254 g/mol. The van der Waals surface area contributed by atoms with Crippen LogP contribution in [0, 0.1) is 6.92 Å². The fraction of sp³-hybridized carbons (Fsp3) is 0.273. The number of fused-ring (bicyclic) bond motifs is 1. The van der Waals surface area contributed by atoms with E-state index in [4.69, 9.17) is 4.42 Å². The van der Waals surface area contributed by atoms with Crippen LogP contribution in [0.5, 0.6) is 0 Å². The van der Waals surface area contributed by atoms with Gasteiger partial charge in [0, 0.05) is 9.86 Å². The van der Waals surface area contributed by atoms with Crippen LogP contribution in [0.1, 0.15) is 24.4 Å². The molecule has 1 aromatic carbocycles. The SMILES string of the molecule is Cc1cc(Br)cc2cc(C(C)O)oc12. The highest BCUT2D eigenvalue weighted by Crippen LogP contribution is 2.29. The van der Waals surface area contributed by atoms with Crippen LogP contribution in [0.4, 0.5) is 0 Å². The summed E-state index contributed by atoms with van der Waals surface area (Å²) < 4.78 is 6.57. The van der Waals surface area contributed by atoms with Gasteiger partial charge in [-0.1, -0.05) is 15.9 Å². The molecule has 0 aliphatic carbocycles. The molecule has 0 fully saturated rings. The standard InChI is InChI=1S/C11H11BrO2/c1-6-3-9(12)4-8-5-10(7(2)13)14-11(6)8/h3-5,7,13H,1-2H3. The number of aliphatic hydroxyl groups excluding tert-OH is 1. The van der Waals surface area contributed by atoms with E-state index >= 15 is 0 Å². The number of benzene rings is 1. The molecular weight excluding hydrogens is 244 g/mol. The fourth-order valence-electron chi connectivity index (χ4n) is 1.51. The highest BCUT2D eigenvalue weighted by atomic mass is 79.9. The lowest BCUT2D eigenvalue weighted by Gasteiger charge is -1.97. The van der Waals surface area contributed by atoms with E-state index < -0.39 is 6.10 Å². The summed E-state index contributed by atoms with van der Waals surface area (Å²) in [5, 5.41) is 10.4. The topological polar surface area (TPSA) is 33.4 Å². The zero-order valence-electron chi connectivity index (χ0n) is 8.04. The summed E-state index contributed by atoms with van der Waals surface area (Å²) in [4.78, 5) is 0. The number of halogens is 1. The minimum absolute atomic E-state index is 0.555. The second-order valence-electron chi connectivity index (χ2n) is 3.47. The first kappa shape index (κ1) is 9.74. The summed E-state index contributed by atoms with van der Waals surface area (Å²) in [6.45, 7) is 3.69. The molecule has 0 aliphatic rings. The molecule has 0 radical (unpaired) electrons. The van der Waals surface area contributed by atoms with E-state index in [9.17, 15) is 5.11 Å². The van der Waals surface area contributed by atoms with Gasteiger partial charge in [-0.15, -0.1) is 0 Å². The summed E-state index contributed by atoms with van der Waals surface area (Å²) in [5.41, 5.74) is 1.92. The number of hydrogen-bond donors (Lipinski definition) is 1. The number of hydrogen-bond acceptors (Lipinski definition) is 2. The molecule has 2 rings (SSSR count). The molecule has 0 bridgehead atoms. The van der Waals surface area contributed by atoms with Gasteiger partial charge >= 0.3 is 0 Å². The largest absolute Gasteiger partial charge is 0.458 e. The van der Waals surface area contributed by atoms with Crippen molar-refractivity contribution in [1.29, 1.82) is 0 Å². The van der Waals surface area contributed by atoms with Crippen molar-refractivity contribution in [2.75, 3.05) is 0 Å². The third-order valence-electron chi connectivity index (χ3n) is 2.20. The Bertz CT molecular complexity index is 471. The molecule has 14 heavy (non-hydrogen) atoms. The molecule has 1 aromatic heterocycles. The van der Waals surface area contributed by atoms with E-state index in [1.807, 2.05) is 25.1 Å². The first-order valence-electron chi connectivity index (χ1n) is 4.45. The summed E-state index contributed by atoms with van der Waals surface area (Å²) in [6, 6.07) is 5.85. The number of rotatable bonds is 1. The highest BCUT2D eigenvalue weighted by Gasteiger charge is 2.10. The molecule has 0 amide bonds. The van der Waals surface area contributed by atoms with Crippen LogP contribution < -0.4 is 0 Å². The maximum absolute atomic E-state index is 9.38. The van der Waals surface area contributed by atoms with Crippen LogP contribution in [0.3, 0.4) is 0 Å². The molecule has 0 spiro atoms. The van der Waals surface area contributed by atoms with Gasteiger partial charge in [-0.2, -0.15) is 0 Å². The van der Waals surface area contributed by atoms with Crippen molar-refractivity contribution in [3.05, 3.63) is 34.0 Å². The Kier molecular flexibility index (Phi) is 2.37. The van der Waals surface area contributed by atoms with Crippen LogP contribution >= 0.6 is 15.9 Å². The quantitative estimate of drug-likeness (QED) is 0.845. The minimum atomic E-state index is -0.555. The van der Waals surface area contributed by atoms with Gasteiger partial charge in [0.1, 0.15) is 17.4 Å². The van der Waals surface area contributed by atoms with Crippen molar-refractivity contribution < 1.29 is 9.52 Å². The van der Waals surface area contributed by atoms with E-state index in [0.29, 0.717) is 5.76 Å². The number of aliphatic hydroxyl groups is 1. The van der Waals surface area contributed by atoms with E-state index in [-0.39, 0.29) is 0 Å². The van der Waals surface area contributed by atoms with Crippen molar-refractivity contribution in [2.24, 2.45) is 0 Å². The number of aryl methyl sites for hydroxylation is 1. The molecule has 1 heterocycles. The predicted octanol–water partition coefficient (Wildman–Crippen LogP) is 3.56. The maximum atomic E-state index is 9.38. The van der Waals surface area contributed by atoms with Crippen molar-refractivity contribution >= 4 is 26.9 Å². The van der Waals surface area contributed by atoms with Gasteiger partial charge < -0.3 is 9.52 Å². The normalized spacial score (nSPS) is 13.4. The molecule has 74 valence electrons. The average Bonchev–Trinajstić information content (AvgIpc) is 2.47. The lowest BCUT2D eigenvalue weighted by atomic mass is 10.2. The Morgan fingerprint density at radius 3 is 2.71 bits per heavy atom. The lowest BCUT2D eigenvalue weighted by Crippen LogP contribution is -1.85. The van der Waals surface area contributed by atoms with Crippen molar-refractivity contribution in [3.63, 3.8) is 0 Å². The van der Waals surface area contributed by atoms with Gasteiger partial charge in [0.15, 0.2) is 0 Å². The van der Waals surface area contributed by atoms with Gasteiger partial charge in [-0.3, -0.25) is 0 Å². The second-order valence-corrected chi connectivity index (χ2v) is 4.38. The van der Waals surface area contributed by atoms with Crippen LogP contribution in [0.2, 0.25) is 0 Å². The third kappa shape index (κ3) is 1.57. The fourth-order valence-corrected chi connectivity index (χ4v) is 2.10. The van der Waals surface area contributed by atoms with E-state index in [0.717, 1.165) is 21.0 Å². The van der Waals surface area contributed by atoms with Gasteiger partial charge in [0.25, 0.3) is 0 Å². The molecule has 1 atom stereocenters. The average molecular weight is 255 g/mol. The molecule has 1 N–H and O–H groups in total. The Balaban J connectivity index is 2.70. The van der Waals surface area contributed by atoms with Crippen LogP contribution in [-0.2, 0) is 0 Å². The van der Waals surface area contributed by atoms with Gasteiger partial charge in [-0.25, -0.2) is 0 Å². The lowest BCUT2D eigenvalue weighted by molar-refractivity contribution is 0.172. The van der Waals surface area contributed by atoms with Gasteiger partial charge in [0.05, 0.1) is 0 Å². The molecular formula is C11H11BrO2. The summed E-state index contributed by atoms with van der Waals surface area (Å²) in [7, 11) is 0. The maximum Gasteiger partial charge on any atom is 0.137 e. The van der Waals surface area contributed by atoms with E-state index in [2.05, 4.69) is 15.9 Å².